The van der Waals surface area contributed by atoms with Gasteiger partial charge in [0.25, 0.3) is 5.91 Å². The van der Waals surface area contributed by atoms with Crippen LogP contribution in [0.3, 0.4) is 0 Å². The lowest BCUT2D eigenvalue weighted by molar-refractivity contribution is 0.102. The van der Waals surface area contributed by atoms with Gasteiger partial charge in [-0.25, -0.2) is 9.97 Å². The van der Waals surface area contributed by atoms with Gasteiger partial charge in [-0.1, -0.05) is 23.2 Å². The topological polar surface area (TPSA) is 80.9 Å². The number of hydrogen-bond donors (Lipinski definition) is 2. The number of amides is 1. The van der Waals surface area contributed by atoms with E-state index in [2.05, 4.69) is 15.3 Å². The number of halogens is 1. The Morgan fingerprint density at radius 2 is 2.00 bits per heavy atom. The maximum Gasteiger partial charge on any atom is 0.260 e. The van der Waals surface area contributed by atoms with Crippen molar-refractivity contribution in [2.24, 2.45) is 0 Å². The molecule has 1 amide bonds. The summed E-state index contributed by atoms with van der Waals surface area (Å²) in [5, 5.41) is 2.86. The second kappa shape index (κ2) is 5.24. The summed E-state index contributed by atoms with van der Waals surface area (Å²) in [6.45, 7) is 3.65. The van der Waals surface area contributed by atoms with E-state index in [1.54, 1.807) is 25.1 Å². The fourth-order valence-corrected chi connectivity index (χ4v) is 1.86. The van der Waals surface area contributed by atoms with E-state index in [0.717, 1.165) is 5.56 Å². The number of benzene rings is 1. The molecule has 0 radical (unpaired) electrons. The van der Waals surface area contributed by atoms with Crippen molar-refractivity contribution < 1.29 is 4.79 Å². The molecule has 1 heterocycles. The van der Waals surface area contributed by atoms with Gasteiger partial charge in [0.2, 0.25) is 5.95 Å². The molecular formula is C13H13ClN4O. The zero-order valence-corrected chi connectivity index (χ0v) is 11.3. The zero-order chi connectivity index (χ0) is 14.0. The Morgan fingerprint density at radius 3 is 2.68 bits per heavy atom. The fourth-order valence-electron chi connectivity index (χ4n) is 1.62. The third-order valence-corrected chi connectivity index (χ3v) is 2.70. The molecule has 0 saturated heterocycles. The number of hydrogen-bond acceptors (Lipinski definition) is 4. The van der Waals surface area contributed by atoms with Crippen LogP contribution in [0.4, 0.5) is 11.6 Å². The van der Waals surface area contributed by atoms with Crippen molar-refractivity contribution in [1.82, 2.24) is 9.97 Å². The Balaban J connectivity index is 2.28. The molecule has 0 bridgehead atoms. The second-order valence-corrected chi connectivity index (χ2v) is 4.59. The first-order valence-electron chi connectivity index (χ1n) is 5.64. The Labute approximate surface area is 115 Å². The lowest BCUT2D eigenvalue weighted by Crippen LogP contribution is -2.16. The molecule has 0 unspecified atom stereocenters. The summed E-state index contributed by atoms with van der Waals surface area (Å²) in [6.07, 6.45) is 0. The summed E-state index contributed by atoms with van der Waals surface area (Å²) in [7, 11) is 0. The molecule has 0 saturated carbocycles. The van der Waals surface area contributed by atoms with Crippen molar-refractivity contribution in [2.75, 3.05) is 11.1 Å². The molecule has 2 rings (SSSR count). The van der Waals surface area contributed by atoms with E-state index in [0.29, 0.717) is 16.9 Å². The monoisotopic (exact) mass is 276 g/mol. The van der Waals surface area contributed by atoms with E-state index >= 15 is 0 Å². The third kappa shape index (κ3) is 3.20. The van der Waals surface area contributed by atoms with E-state index in [9.17, 15) is 4.79 Å². The number of aromatic nitrogens is 2. The smallest absolute Gasteiger partial charge is 0.260 e. The lowest BCUT2D eigenvalue weighted by Gasteiger charge is -2.08. The van der Waals surface area contributed by atoms with E-state index in [1.807, 2.05) is 13.0 Å². The van der Waals surface area contributed by atoms with Crippen LogP contribution < -0.4 is 11.1 Å². The average molecular weight is 277 g/mol. The lowest BCUT2D eigenvalue weighted by atomic mass is 10.1. The maximum atomic E-state index is 12.1. The number of nitrogen functional groups attached to an aromatic ring is 1. The minimum atomic E-state index is -0.358. The molecule has 0 atom stereocenters. The maximum absolute atomic E-state index is 12.1. The highest BCUT2D eigenvalue weighted by Gasteiger charge is 2.12. The Hall–Kier alpha value is -2.14. The number of anilines is 2. The van der Waals surface area contributed by atoms with Crippen molar-refractivity contribution in [2.45, 2.75) is 13.8 Å². The molecule has 0 aliphatic rings. The number of nitrogens with one attached hydrogen (secondary N) is 1. The van der Waals surface area contributed by atoms with Crippen LogP contribution in [0.1, 0.15) is 21.6 Å². The van der Waals surface area contributed by atoms with Crippen LogP contribution >= 0.6 is 11.6 Å². The SMILES string of the molecule is Cc1ccc(N)c(C(=O)Nc2nc(C)cc(Cl)n2)c1. The largest absolute Gasteiger partial charge is 0.398 e. The summed E-state index contributed by atoms with van der Waals surface area (Å²) < 4.78 is 0. The summed E-state index contributed by atoms with van der Waals surface area (Å²) in [5.74, 6) is -0.196. The molecule has 19 heavy (non-hydrogen) atoms. The van der Waals surface area contributed by atoms with Crippen LogP contribution in [0.5, 0.6) is 0 Å². The van der Waals surface area contributed by atoms with Crippen LogP contribution in [0.25, 0.3) is 0 Å². The second-order valence-electron chi connectivity index (χ2n) is 4.20. The molecule has 0 aliphatic carbocycles. The summed E-state index contributed by atoms with van der Waals surface area (Å²) in [4.78, 5) is 20.1. The van der Waals surface area contributed by atoms with Gasteiger partial charge in [-0.2, -0.15) is 0 Å². The quantitative estimate of drug-likeness (QED) is 0.652. The highest BCUT2D eigenvalue weighted by molar-refractivity contribution is 6.29. The molecule has 5 nitrogen and oxygen atoms in total. The number of rotatable bonds is 2. The van der Waals surface area contributed by atoms with Crippen molar-refractivity contribution in [3.8, 4) is 0 Å². The Kier molecular flexibility index (Phi) is 3.66. The van der Waals surface area contributed by atoms with Crippen molar-refractivity contribution in [1.29, 1.82) is 0 Å². The molecule has 0 spiro atoms. The van der Waals surface area contributed by atoms with Gasteiger partial charge in [-0.15, -0.1) is 0 Å². The minimum Gasteiger partial charge on any atom is -0.398 e. The van der Waals surface area contributed by atoms with Gasteiger partial charge in [0, 0.05) is 11.4 Å². The van der Waals surface area contributed by atoms with Gasteiger partial charge in [0.15, 0.2) is 0 Å². The average Bonchev–Trinajstić information content (AvgIpc) is 2.30. The predicted molar refractivity (Wildman–Crippen MR) is 75.3 cm³/mol. The van der Waals surface area contributed by atoms with Gasteiger partial charge in [-0.3, -0.25) is 10.1 Å². The number of nitrogens with zero attached hydrogens (tertiary/aromatic N) is 2. The molecule has 2 aromatic rings. The molecular weight excluding hydrogens is 264 g/mol. The van der Waals surface area contributed by atoms with Gasteiger partial charge >= 0.3 is 0 Å². The van der Waals surface area contributed by atoms with Crippen molar-refractivity contribution in [3.63, 3.8) is 0 Å². The molecule has 98 valence electrons. The van der Waals surface area contributed by atoms with Crippen LogP contribution in [0.2, 0.25) is 5.15 Å². The minimum absolute atomic E-state index is 0.163. The number of nitrogens with two attached hydrogens (primary N) is 1. The van der Waals surface area contributed by atoms with Gasteiger partial charge in [0.05, 0.1) is 5.56 Å². The number of carbonyl (C=O) groups excluding carboxylic acids is 1. The van der Waals surface area contributed by atoms with Crippen LogP contribution in [-0.2, 0) is 0 Å². The molecule has 6 heteroatoms. The summed E-state index contributed by atoms with van der Waals surface area (Å²) in [6, 6.07) is 6.85. The van der Waals surface area contributed by atoms with E-state index < -0.39 is 0 Å². The standard InChI is InChI=1S/C13H13ClN4O/c1-7-3-4-10(15)9(5-7)12(19)18-13-16-8(2)6-11(14)17-13/h3-6H,15H2,1-2H3,(H,16,17,18,19). The first kappa shape index (κ1) is 13.3. The Morgan fingerprint density at radius 1 is 1.26 bits per heavy atom. The predicted octanol–water partition coefficient (Wildman–Crippen LogP) is 2.58. The van der Waals surface area contributed by atoms with Crippen LogP contribution in [-0.4, -0.2) is 15.9 Å². The normalized spacial score (nSPS) is 10.3. The first-order chi connectivity index (χ1) is 8.95. The highest BCUT2D eigenvalue weighted by atomic mass is 35.5. The van der Waals surface area contributed by atoms with Crippen molar-refractivity contribution in [3.05, 3.63) is 46.2 Å². The molecule has 0 aliphatic heterocycles. The van der Waals surface area contributed by atoms with Crippen LogP contribution in [0, 0.1) is 13.8 Å². The third-order valence-electron chi connectivity index (χ3n) is 2.50. The molecule has 1 aromatic heterocycles. The highest BCUT2D eigenvalue weighted by Crippen LogP contribution is 2.16. The van der Waals surface area contributed by atoms with Crippen molar-refractivity contribution >= 4 is 29.1 Å². The molecule has 3 N–H and O–H groups in total. The van der Waals surface area contributed by atoms with E-state index in [-0.39, 0.29) is 17.0 Å². The number of aryl methyl sites for hydroxylation is 2. The molecule has 1 aromatic carbocycles. The first-order valence-corrected chi connectivity index (χ1v) is 6.02. The van der Waals surface area contributed by atoms with Crippen LogP contribution in [0.15, 0.2) is 24.3 Å². The van der Waals surface area contributed by atoms with E-state index in [1.165, 1.54) is 0 Å². The summed E-state index contributed by atoms with van der Waals surface area (Å²) >= 11 is 5.81. The fraction of sp³-hybridized carbons (Fsp3) is 0.154. The Bertz CT molecular complexity index is 622. The summed E-state index contributed by atoms with van der Waals surface area (Å²) in [5.41, 5.74) is 8.19. The van der Waals surface area contributed by atoms with Gasteiger partial charge in [-0.05, 0) is 32.0 Å². The zero-order valence-electron chi connectivity index (χ0n) is 10.6. The number of carbonyl (C=O) groups is 1. The van der Waals surface area contributed by atoms with Gasteiger partial charge < -0.3 is 5.73 Å². The van der Waals surface area contributed by atoms with E-state index in [4.69, 9.17) is 17.3 Å². The molecule has 0 fully saturated rings. The van der Waals surface area contributed by atoms with Gasteiger partial charge in [0.1, 0.15) is 5.15 Å².